The van der Waals surface area contributed by atoms with Crippen molar-refractivity contribution in [2.24, 2.45) is 4.99 Å². The van der Waals surface area contributed by atoms with Gasteiger partial charge in [-0.15, -0.1) is 6.58 Å². The number of halogens is 2. The molecular formula is C15H10BrFN2O2S. The smallest absolute Gasteiger partial charge is 0.315 e. The second-order valence-corrected chi connectivity index (χ2v) is 6.18. The number of carbonyl (C=O) groups excluding carboxylic acids is 1. The Morgan fingerprint density at radius 1 is 1.45 bits per heavy atom. The molecule has 0 aliphatic heterocycles. The van der Waals surface area contributed by atoms with E-state index in [1.54, 1.807) is 28.8 Å². The van der Waals surface area contributed by atoms with Crippen LogP contribution >= 0.6 is 27.3 Å². The van der Waals surface area contributed by atoms with Gasteiger partial charge in [-0.05, 0) is 40.2 Å². The third-order valence-corrected chi connectivity index (χ3v) is 4.41. The zero-order chi connectivity index (χ0) is 15.7. The summed E-state index contributed by atoms with van der Waals surface area (Å²) in [5.74, 6) is -0.754. The molecule has 0 bridgehead atoms. The van der Waals surface area contributed by atoms with E-state index in [-0.39, 0.29) is 11.6 Å². The Morgan fingerprint density at radius 2 is 2.27 bits per heavy atom. The van der Waals surface area contributed by atoms with Crippen LogP contribution in [0.1, 0.15) is 10.6 Å². The summed E-state index contributed by atoms with van der Waals surface area (Å²) in [4.78, 5) is 16.6. The molecule has 3 rings (SSSR count). The highest BCUT2D eigenvalue weighted by Gasteiger charge is 2.13. The van der Waals surface area contributed by atoms with Gasteiger partial charge in [-0.2, -0.15) is 4.99 Å². The Hall–Kier alpha value is -1.99. The molecule has 0 saturated heterocycles. The number of carbonyl (C=O) groups is 1. The molecule has 0 saturated carbocycles. The first kappa shape index (κ1) is 14.9. The zero-order valence-corrected chi connectivity index (χ0v) is 13.7. The summed E-state index contributed by atoms with van der Waals surface area (Å²) >= 11 is 4.38. The largest absolute Gasteiger partial charge is 0.444 e. The Balaban J connectivity index is 2.19. The Labute approximate surface area is 137 Å². The van der Waals surface area contributed by atoms with E-state index in [0.717, 1.165) is 0 Å². The van der Waals surface area contributed by atoms with Crippen LogP contribution in [0, 0.1) is 5.82 Å². The number of nitrogens with zero attached hydrogens (tertiary/aromatic N) is 2. The van der Waals surface area contributed by atoms with Gasteiger partial charge in [0.15, 0.2) is 15.2 Å². The molecule has 0 aliphatic carbocycles. The van der Waals surface area contributed by atoms with Crippen LogP contribution in [0.2, 0.25) is 0 Å². The van der Waals surface area contributed by atoms with Crippen molar-refractivity contribution < 1.29 is 13.6 Å². The highest BCUT2D eigenvalue weighted by molar-refractivity contribution is 9.10. The van der Waals surface area contributed by atoms with E-state index in [2.05, 4.69) is 27.5 Å². The second kappa shape index (κ2) is 6.02. The summed E-state index contributed by atoms with van der Waals surface area (Å²) in [6.07, 6.45) is 1.63. The molecule has 0 aliphatic rings. The Morgan fingerprint density at radius 3 is 2.95 bits per heavy atom. The fourth-order valence-electron chi connectivity index (χ4n) is 2.04. The lowest BCUT2D eigenvalue weighted by Gasteiger charge is -2.01. The molecule has 0 fully saturated rings. The van der Waals surface area contributed by atoms with Gasteiger partial charge in [0.2, 0.25) is 0 Å². The van der Waals surface area contributed by atoms with Crippen molar-refractivity contribution in [3.63, 3.8) is 0 Å². The lowest BCUT2D eigenvalue weighted by molar-refractivity contribution is 0.0970. The van der Waals surface area contributed by atoms with Gasteiger partial charge >= 0.3 is 5.91 Å². The van der Waals surface area contributed by atoms with Gasteiger partial charge in [0.25, 0.3) is 0 Å². The van der Waals surface area contributed by atoms with E-state index in [0.29, 0.717) is 26.2 Å². The Kier molecular flexibility index (Phi) is 4.08. The van der Waals surface area contributed by atoms with Crippen molar-refractivity contribution in [1.82, 2.24) is 4.57 Å². The lowest BCUT2D eigenvalue weighted by Crippen LogP contribution is -2.16. The molecule has 0 atom stereocenters. The summed E-state index contributed by atoms with van der Waals surface area (Å²) in [7, 11) is 0. The highest BCUT2D eigenvalue weighted by Crippen LogP contribution is 2.21. The number of benzene rings is 1. The quantitative estimate of drug-likeness (QED) is 0.641. The lowest BCUT2D eigenvalue weighted by atomic mass is 10.3. The number of amides is 1. The number of hydrogen-bond donors (Lipinski definition) is 0. The predicted octanol–water partition coefficient (Wildman–Crippen LogP) is 4.12. The maximum atomic E-state index is 14.0. The predicted molar refractivity (Wildman–Crippen MR) is 86.3 cm³/mol. The van der Waals surface area contributed by atoms with Gasteiger partial charge in [0.1, 0.15) is 5.82 Å². The fourth-order valence-corrected chi connectivity index (χ4v) is 3.40. The van der Waals surface area contributed by atoms with Gasteiger partial charge in [0.05, 0.1) is 10.2 Å². The number of rotatable bonds is 3. The normalized spacial score (nSPS) is 12.0. The van der Waals surface area contributed by atoms with Gasteiger partial charge in [-0.3, -0.25) is 4.79 Å². The monoisotopic (exact) mass is 380 g/mol. The van der Waals surface area contributed by atoms with Crippen molar-refractivity contribution in [2.75, 3.05) is 0 Å². The average molecular weight is 381 g/mol. The molecule has 22 heavy (non-hydrogen) atoms. The first-order chi connectivity index (χ1) is 10.6. The minimum atomic E-state index is -0.518. The van der Waals surface area contributed by atoms with Crippen LogP contribution in [0.5, 0.6) is 0 Å². The number of hydrogen-bond acceptors (Lipinski definition) is 3. The third kappa shape index (κ3) is 2.69. The van der Waals surface area contributed by atoms with Crippen LogP contribution in [-0.2, 0) is 6.54 Å². The minimum Gasteiger partial charge on any atom is -0.444 e. The van der Waals surface area contributed by atoms with Crippen LogP contribution in [-0.4, -0.2) is 10.5 Å². The molecule has 0 N–H and O–H groups in total. The van der Waals surface area contributed by atoms with Crippen molar-refractivity contribution in [1.29, 1.82) is 0 Å². The SMILES string of the molecule is C=CCn1c(=NC(=O)c2ccc(Br)o2)sc2cccc(F)c21. The third-order valence-electron chi connectivity index (χ3n) is 2.94. The summed E-state index contributed by atoms with van der Waals surface area (Å²) in [5, 5.41) is 0. The molecule has 0 radical (unpaired) electrons. The van der Waals surface area contributed by atoms with Crippen LogP contribution in [0.4, 0.5) is 4.39 Å². The minimum absolute atomic E-state index is 0.120. The highest BCUT2D eigenvalue weighted by atomic mass is 79.9. The molecule has 1 aromatic carbocycles. The van der Waals surface area contributed by atoms with E-state index in [9.17, 15) is 9.18 Å². The van der Waals surface area contributed by atoms with Crippen molar-refractivity contribution in [3.05, 3.63) is 64.0 Å². The molecule has 112 valence electrons. The number of thiazole rings is 1. The zero-order valence-electron chi connectivity index (χ0n) is 11.3. The number of fused-ring (bicyclic) bond motifs is 1. The van der Waals surface area contributed by atoms with E-state index < -0.39 is 5.91 Å². The van der Waals surface area contributed by atoms with Gasteiger partial charge in [-0.25, -0.2) is 4.39 Å². The maximum Gasteiger partial charge on any atom is 0.315 e. The molecule has 7 heteroatoms. The molecular weight excluding hydrogens is 371 g/mol. The van der Waals surface area contributed by atoms with Gasteiger partial charge < -0.3 is 8.98 Å². The van der Waals surface area contributed by atoms with Crippen LogP contribution < -0.4 is 4.80 Å². The molecule has 2 aromatic heterocycles. The number of para-hydroxylation sites is 1. The van der Waals surface area contributed by atoms with E-state index in [1.165, 1.54) is 23.5 Å². The number of allylic oxidation sites excluding steroid dienone is 1. The first-order valence-corrected chi connectivity index (χ1v) is 7.94. The molecule has 1 amide bonds. The van der Waals surface area contributed by atoms with Crippen LogP contribution in [0.25, 0.3) is 10.2 Å². The fraction of sp³-hybridized carbons (Fsp3) is 0.0667. The van der Waals surface area contributed by atoms with E-state index in [4.69, 9.17) is 4.42 Å². The van der Waals surface area contributed by atoms with Crippen molar-refractivity contribution >= 4 is 43.4 Å². The topological polar surface area (TPSA) is 47.5 Å². The first-order valence-electron chi connectivity index (χ1n) is 6.33. The molecule has 0 unspecified atom stereocenters. The maximum absolute atomic E-state index is 14.0. The summed E-state index contributed by atoms with van der Waals surface area (Å²) < 4.78 is 22.0. The number of aromatic nitrogens is 1. The standard InChI is InChI=1S/C15H10BrFN2O2S/c1-2-8-19-13-9(17)4-3-5-11(13)22-15(19)18-14(20)10-6-7-12(16)21-10/h2-7H,1,8H2. The van der Waals surface area contributed by atoms with Crippen molar-refractivity contribution in [3.8, 4) is 0 Å². The van der Waals surface area contributed by atoms with Gasteiger partial charge in [0, 0.05) is 6.54 Å². The summed E-state index contributed by atoms with van der Waals surface area (Å²) in [6.45, 7) is 4.02. The van der Waals surface area contributed by atoms with Crippen LogP contribution in [0.15, 0.2) is 57.1 Å². The summed E-state index contributed by atoms with van der Waals surface area (Å²) in [5.41, 5.74) is 0.416. The summed E-state index contributed by atoms with van der Waals surface area (Å²) in [6, 6.07) is 7.94. The van der Waals surface area contributed by atoms with E-state index in [1.807, 2.05) is 0 Å². The molecule has 4 nitrogen and oxygen atoms in total. The van der Waals surface area contributed by atoms with Crippen LogP contribution in [0.3, 0.4) is 0 Å². The van der Waals surface area contributed by atoms with Gasteiger partial charge in [-0.1, -0.05) is 23.5 Å². The number of furan rings is 1. The molecule has 0 spiro atoms. The molecule has 3 aromatic rings. The van der Waals surface area contributed by atoms with Crippen molar-refractivity contribution in [2.45, 2.75) is 6.54 Å². The Bertz CT molecular complexity index is 939. The van der Waals surface area contributed by atoms with E-state index >= 15 is 0 Å². The average Bonchev–Trinajstić information content (AvgIpc) is 3.05. The molecule has 2 heterocycles. The second-order valence-electron chi connectivity index (χ2n) is 4.39.